The van der Waals surface area contributed by atoms with E-state index in [1.54, 1.807) is 18.2 Å². The van der Waals surface area contributed by atoms with E-state index in [-0.39, 0.29) is 27.7 Å². The van der Waals surface area contributed by atoms with Gasteiger partial charge in [0.25, 0.3) is 5.69 Å². The summed E-state index contributed by atoms with van der Waals surface area (Å²) in [5.74, 6) is 0. The summed E-state index contributed by atoms with van der Waals surface area (Å²) < 4.78 is 5.54. The molecule has 3 aromatic rings. The van der Waals surface area contributed by atoms with Crippen LogP contribution in [0.2, 0.25) is 5.02 Å². The Morgan fingerprint density at radius 2 is 1.95 bits per heavy atom. The number of hydrogen-bond acceptors (Lipinski definition) is 4. The lowest BCUT2D eigenvalue weighted by Crippen LogP contribution is -2.02. The molecule has 0 saturated carbocycles. The summed E-state index contributed by atoms with van der Waals surface area (Å²) in [7, 11) is 0. The number of hydrogen-bond donors (Lipinski definition) is 0. The summed E-state index contributed by atoms with van der Waals surface area (Å²) in [6.45, 7) is 0. The number of fused-ring (bicyclic) bond motifs is 2. The highest BCUT2D eigenvalue weighted by atomic mass is 35.5. The molecule has 0 bridgehead atoms. The van der Waals surface area contributed by atoms with Gasteiger partial charge in [-0.25, -0.2) is 0 Å². The lowest BCUT2D eigenvalue weighted by atomic mass is 10.1. The highest BCUT2D eigenvalue weighted by molar-refractivity contribution is 6.34. The number of nitro benzene ring substituents is 1. The minimum absolute atomic E-state index is 0.152. The zero-order valence-corrected chi connectivity index (χ0v) is 10.2. The highest BCUT2D eigenvalue weighted by Crippen LogP contribution is 2.26. The van der Waals surface area contributed by atoms with Gasteiger partial charge < -0.3 is 4.42 Å². The molecule has 0 fully saturated rings. The first-order valence-corrected chi connectivity index (χ1v) is 5.75. The Balaban J connectivity index is 2.51. The SMILES string of the molecule is O=c1c2cc([N+](=O)[O-])ccc2oc2c(Cl)cccc12. The third-order valence-corrected chi connectivity index (χ3v) is 3.14. The van der Waals surface area contributed by atoms with Crippen molar-refractivity contribution in [2.75, 3.05) is 0 Å². The Bertz CT molecular complexity index is 885. The smallest absolute Gasteiger partial charge is 0.270 e. The Morgan fingerprint density at radius 3 is 2.68 bits per heavy atom. The van der Waals surface area contributed by atoms with E-state index in [0.717, 1.165) is 0 Å². The van der Waals surface area contributed by atoms with Crippen LogP contribution >= 0.6 is 11.6 Å². The second kappa shape index (κ2) is 4.07. The molecule has 0 amide bonds. The Hall–Kier alpha value is -2.40. The molecule has 0 aliphatic rings. The van der Waals surface area contributed by atoms with Gasteiger partial charge in [0.1, 0.15) is 5.58 Å². The quantitative estimate of drug-likeness (QED) is 0.387. The molecule has 0 aliphatic carbocycles. The maximum atomic E-state index is 12.3. The molecule has 0 aliphatic heterocycles. The molecule has 1 aromatic heterocycles. The van der Waals surface area contributed by atoms with Crippen LogP contribution in [-0.2, 0) is 0 Å². The monoisotopic (exact) mass is 275 g/mol. The molecular weight excluding hydrogens is 270 g/mol. The van der Waals surface area contributed by atoms with E-state index in [4.69, 9.17) is 16.0 Å². The van der Waals surface area contributed by atoms with Crippen LogP contribution in [0.15, 0.2) is 45.6 Å². The third-order valence-electron chi connectivity index (χ3n) is 2.84. The standard InChI is InChI=1S/C13H6ClNO4/c14-10-3-1-2-8-12(16)9-6-7(15(17)18)4-5-11(9)19-13(8)10/h1-6H. The molecule has 2 aromatic carbocycles. The van der Waals surface area contributed by atoms with Crippen molar-refractivity contribution in [2.45, 2.75) is 0 Å². The molecule has 0 atom stereocenters. The lowest BCUT2D eigenvalue weighted by Gasteiger charge is -2.02. The number of nitrogens with zero attached hydrogens (tertiary/aromatic N) is 1. The van der Waals surface area contributed by atoms with E-state index >= 15 is 0 Å². The van der Waals surface area contributed by atoms with Crippen molar-refractivity contribution in [3.63, 3.8) is 0 Å². The minimum Gasteiger partial charge on any atom is -0.454 e. The summed E-state index contributed by atoms with van der Waals surface area (Å²) >= 11 is 5.97. The summed E-state index contributed by atoms with van der Waals surface area (Å²) in [5, 5.41) is 11.5. The molecule has 5 nitrogen and oxygen atoms in total. The molecular formula is C13H6ClNO4. The minimum atomic E-state index is -0.555. The van der Waals surface area contributed by atoms with Crippen molar-refractivity contribution >= 4 is 39.2 Å². The number of rotatable bonds is 1. The number of benzene rings is 2. The first-order chi connectivity index (χ1) is 9.08. The lowest BCUT2D eigenvalue weighted by molar-refractivity contribution is -0.384. The van der Waals surface area contributed by atoms with E-state index in [1.807, 2.05) is 0 Å². The molecule has 19 heavy (non-hydrogen) atoms. The molecule has 0 N–H and O–H groups in total. The topological polar surface area (TPSA) is 73.3 Å². The Morgan fingerprint density at radius 1 is 1.16 bits per heavy atom. The summed E-state index contributed by atoms with van der Waals surface area (Å²) in [6, 6.07) is 8.72. The van der Waals surface area contributed by atoms with E-state index in [0.29, 0.717) is 10.4 Å². The third kappa shape index (κ3) is 1.75. The molecule has 0 spiro atoms. The largest absolute Gasteiger partial charge is 0.454 e. The normalized spacial score (nSPS) is 11.0. The van der Waals surface area contributed by atoms with E-state index in [9.17, 15) is 14.9 Å². The van der Waals surface area contributed by atoms with Crippen LogP contribution in [0.25, 0.3) is 21.9 Å². The Kier molecular flexibility index (Phi) is 2.50. The van der Waals surface area contributed by atoms with Crippen LogP contribution in [0.3, 0.4) is 0 Å². The second-order valence-corrected chi connectivity index (χ2v) is 4.39. The zero-order chi connectivity index (χ0) is 13.6. The van der Waals surface area contributed by atoms with Crippen LogP contribution in [0.1, 0.15) is 0 Å². The molecule has 1 heterocycles. The van der Waals surface area contributed by atoms with Crippen molar-refractivity contribution < 1.29 is 9.34 Å². The molecule has 6 heteroatoms. The van der Waals surface area contributed by atoms with Gasteiger partial charge in [0.05, 0.1) is 20.7 Å². The van der Waals surface area contributed by atoms with Gasteiger partial charge in [0, 0.05) is 12.1 Å². The zero-order valence-electron chi connectivity index (χ0n) is 9.42. The van der Waals surface area contributed by atoms with E-state index < -0.39 is 4.92 Å². The number of non-ortho nitro benzene ring substituents is 1. The predicted molar refractivity (Wildman–Crippen MR) is 71.7 cm³/mol. The van der Waals surface area contributed by atoms with Gasteiger partial charge in [-0.2, -0.15) is 0 Å². The second-order valence-electron chi connectivity index (χ2n) is 3.99. The molecule has 0 unspecified atom stereocenters. The van der Waals surface area contributed by atoms with Crippen LogP contribution in [0.4, 0.5) is 5.69 Å². The van der Waals surface area contributed by atoms with Crippen molar-refractivity contribution in [2.24, 2.45) is 0 Å². The van der Waals surface area contributed by atoms with E-state index in [1.165, 1.54) is 18.2 Å². The van der Waals surface area contributed by atoms with E-state index in [2.05, 4.69) is 0 Å². The number of para-hydroxylation sites is 1. The fourth-order valence-corrected chi connectivity index (χ4v) is 2.16. The van der Waals surface area contributed by atoms with Gasteiger partial charge in [0.15, 0.2) is 5.58 Å². The van der Waals surface area contributed by atoms with Gasteiger partial charge >= 0.3 is 0 Å². The van der Waals surface area contributed by atoms with Crippen molar-refractivity contribution in [1.29, 1.82) is 0 Å². The summed E-state index contributed by atoms with van der Waals surface area (Å²) in [5.41, 5.74) is 0.0790. The first-order valence-electron chi connectivity index (χ1n) is 5.37. The number of halogens is 1. The predicted octanol–water partition coefficient (Wildman–Crippen LogP) is 3.51. The van der Waals surface area contributed by atoms with Crippen LogP contribution in [0.5, 0.6) is 0 Å². The van der Waals surface area contributed by atoms with Crippen LogP contribution in [0, 0.1) is 10.1 Å². The molecule has 3 rings (SSSR count). The van der Waals surface area contributed by atoms with Crippen LogP contribution < -0.4 is 5.43 Å². The average molecular weight is 276 g/mol. The van der Waals surface area contributed by atoms with Gasteiger partial charge in [-0.05, 0) is 18.2 Å². The maximum Gasteiger partial charge on any atom is 0.270 e. The van der Waals surface area contributed by atoms with Gasteiger partial charge in [0.2, 0.25) is 5.43 Å². The fraction of sp³-hybridized carbons (Fsp3) is 0. The van der Waals surface area contributed by atoms with Crippen molar-refractivity contribution in [1.82, 2.24) is 0 Å². The van der Waals surface area contributed by atoms with Gasteiger partial charge in [-0.3, -0.25) is 14.9 Å². The highest BCUT2D eigenvalue weighted by Gasteiger charge is 2.13. The Labute approximate surface area is 111 Å². The maximum absolute atomic E-state index is 12.3. The van der Waals surface area contributed by atoms with Crippen molar-refractivity contribution in [3.05, 3.63) is 61.8 Å². The molecule has 0 radical (unpaired) electrons. The van der Waals surface area contributed by atoms with Crippen molar-refractivity contribution in [3.8, 4) is 0 Å². The fourth-order valence-electron chi connectivity index (χ4n) is 1.94. The van der Waals surface area contributed by atoms with Crippen LogP contribution in [-0.4, -0.2) is 4.92 Å². The summed E-state index contributed by atoms with van der Waals surface area (Å²) in [6.07, 6.45) is 0. The molecule has 0 saturated heterocycles. The van der Waals surface area contributed by atoms with Gasteiger partial charge in [-0.15, -0.1) is 0 Å². The van der Waals surface area contributed by atoms with Gasteiger partial charge in [-0.1, -0.05) is 17.7 Å². The number of nitro groups is 1. The summed E-state index contributed by atoms with van der Waals surface area (Å²) in [4.78, 5) is 22.4. The molecule has 94 valence electrons. The first kappa shape index (κ1) is 11.7. The average Bonchev–Trinajstić information content (AvgIpc) is 2.40.